The van der Waals surface area contributed by atoms with Crippen LogP contribution < -0.4 is 0 Å². The smallest absolute Gasteiger partial charge is 0.288 e. The summed E-state index contributed by atoms with van der Waals surface area (Å²) in [6.45, 7) is 4.40. The molecule has 1 aliphatic carbocycles. The summed E-state index contributed by atoms with van der Waals surface area (Å²) in [6, 6.07) is 0. The van der Waals surface area contributed by atoms with Gasteiger partial charge in [-0.3, -0.25) is 4.79 Å². The highest BCUT2D eigenvalue weighted by Crippen LogP contribution is 2.47. The summed E-state index contributed by atoms with van der Waals surface area (Å²) >= 11 is 0. The molecule has 5 nitrogen and oxygen atoms in total. The van der Waals surface area contributed by atoms with Crippen molar-refractivity contribution >= 4 is 5.91 Å². The largest absolute Gasteiger partial charge is 0.459 e. The highest BCUT2D eigenvalue weighted by Gasteiger charge is 2.44. The third-order valence-corrected chi connectivity index (χ3v) is 5.98. The van der Waals surface area contributed by atoms with Crippen LogP contribution in [0.25, 0.3) is 0 Å². The first-order valence-electron chi connectivity index (χ1n) is 10.6. The summed E-state index contributed by atoms with van der Waals surface area (Å²) in [5, 5.41) is 9.26. The summed E-state index contributed by atoms with van der Waals surface area (Å²) in [5.41, 5.74) is 0. The fourth-order valence-electron chi connectivity index (χ4n) is 4.40. The maximum absolute atomic E-state index is 13.1. The Balaban J connectivity index is 1.75. The second kappa shape index (κ2) is 9.75. The van der Waals surface area contributed by atoms with E-state index in [0.717, 1.165) is 38.8 Å². The van der Waals surface area contributed by atoms with Crippen LogP contribution in [0, 0.1) is 17.8 Å². The van der Waals surface area contributed by atoms with Gasteiger partial charge in [0.25, 0.3) is 5.91 Å². The monoisotopic (exact) mass is 365 g/mol. The van der Waals surface area contributed by atoms with Crippen LogP contribution in [0.2, 0.25) is 0 Å². The van der Waals surface area contributed by atoms with Crippen LogP contribution in [0.4, 0.5) is 0 Å². The first kappa shape index (κ1) is 19.7. The van der Waals surface area contributed by atoms with E-state index in [4.69, 9.17) is 9.47 Å². The first-order valence-corrected chi connectivity index (χ1v) is 10.6. The molecule has 0 radical (unpaired) electrons. The Kier molecular flexibility index (Phi) is 7.38. The molecule has 0 spiro atoms. The van der Waals surface area contributed by atoms with Crippen molar-refractivity contribution in [3.63, 3.8) is 0 Å². The Morgan fingerprint density at radius 3 is 2.54 bits per heavy atom. The zero-order chi connectivity index (χ0) is 18.4. The average Bonchev–Trinajstić information content (AvgIpc) is 3.44. The molecule has 2 fully saturated rings. The van der Waals surface area contributed by atoms with Crippen molar-refractivity contribution < 1.29 is 19.4 Å². The second-order valence-corrected chi connectivity index (χ2v) is 7.98. The minimum Gasteiger partial charge on any atom is -0.459 e. The van der Waals surface area contributed by atoms with Crippen molar-refractivity contribution in [2.75, 3.05) is 26.3 Å². The predicted octanol–water partition coefficient (Wildman–Crippen LogP) is 3.47. The number of nitrogens with zero attached hydrogens (tertiary/aromatic N) is 1. The number of hydrogen-bond acceptors (Lipinski definition) is 4. The molecule has 1 saturated heterocycles. The lowest BCUT2D eigenvalue weighted by Crippen LogP contribution is -2.42. The molecule has 148 valence electrons. The Hall–Kier alpha value is -1.07. The number of rotatable bonds is 7. The molecular weight excluding hydrogens is 330 g/mol. The van der Waals surface area contributed by atoms with Gasteiger partial charge in [0.1, 0.15) is 0 Å². The van der Waals surface area contributed by atoms with Gasteiger partial charge in [0.05, 0.1) is 0 Å². The Morgan fingerprint density at radius 1 is 1.23 bits per heavy atom. The summed E-state index contributed by atoms with van der Waals surface area (Å²) < 4.78 is 12.0. The van der Waals surface area contributed by atoms with Crippen molar-refractivity contribution in [1.29, 1.82) is 0 Å². The van der Waals surface area contributed by atoms with E-state index in [1.165, 1.54) is 32.1 Å². The number of allylic oxidation sites excluding steroid dienone is 1. The molecule has 3 atom stereocenters. The van der Waals surface area contributed by atoms with Gasteiger partial charge >= 0.3 is 0 Å². The number of aliphatic hydroxyl groups excluding tert-OH is 1. The molecule has 3 rings (SSSR count). The fraction of sp³-hybridized carbons (Fsp3) is 0.857. The van der Waals surface area contributed by atoms with Crippen LogP contribution in [-0.2, 0) is 14.3 Å². The zero-order valence-corrected chi connectivity index (χ0v) is 16.2. The molecule has 5 heteroatoms. The Labute approximate surface area is 157 Å². The maximum Gasteiger partial charge on any atom is 0.288 e. The lowest BCUT2D eigenvalue weighted by molar-refractivity contribution is -0.177. The van der Waals surface area contributed by atoms with Gasteiger partial charge < -0.3 is 19.5 Å². The van der Waals surface area contributed by atoms with Crippen molar-refractivity contribution in [2.45, 2.75) is 71.0 Å². The minimum absolute atomic E-state index is 0.0443. The van der Waals surface area contributed by atoms with E-state index in [1.54, 1.807) is 0 Å². The van der Waals surface area contributed by atoms with Gasteiger partial charge in [-0.25, -0.2) is 0 Å². The second-order valence-electron chi connectivity index (χ2n) is 7.98. The molecule has 0 aromatic heterocycles. The molecule has 2 aliphatic heterocycles. The van der Waals surface area contributed by atoms with E-state index in [2.05, 4.69) is 6.08 Å². The van der Waals surface area contributed by atoms with E-state index in [1.807, 2.05) is 11.8 Å². The van der Waals surface area contributed by atoms with Crippen LogP contribution in [0.1, 0.15) is 64.7 Å². The number of likely N-dealkylation sites (tertiary alicyclic amines) is 1. The molecule has 1 saturated carbocycles. The molecule has 1 amide bonds. The third kappa shape index (κ3) is 5.01. The van der Waals surface area contributed by atoms with Gasteiger partial charge in [-0.1, -0.05) is 19.3 Å². The van der Waals surface area contributed by atoms with Crippen LogP contribution in [-0.4, -0.2) is 48.5 Å². The number of ether oxygens (including phenoxy) is 2. The zero-order valence-electron chi connectivity index (χ0n) is 16.2. The van der Waals surface area contributed by atoms with Gasteiger partial charge in [-0.2, -0.15) is 0 Å². The third-order valence-electron chi connectivity index (χ3n) is 5.98. The Morgan fingerprint density at radius 2 is 1.92 bits per heavy atom. The minimum atomic E-state index is -0.365. The maximum atomic E-state index is 13.1. The van der Waals surface area contributed by atoms with E-state index < -0.39 is 0 Å². The van der Waals surface area contributed by atoms with E-state index in [0.29, 0.717) is 24.2 Å². The molecule has 1 N–H and O–H groups in total. The topological polar surface area (TPSA) is 59.0 Å². The summed E-state index contributed by atoms with van der Waals surface area (Å²) in [4.78, 5) is 15.1. The van der Waals surface area contributed by atoms with Gasteiger partial charge in [0.2, 0.25) is 6.29 Å². The standard InChI is InChI=1S/C21H35NO4/c1-2-25-21-17(9-8-14-23)18(16-10-11-16)15-19(26-21)20(24)22-12-6-4-3-5-7-13-22/h15-18,21,23H,2-14H2,1H3/t17-,18-,21-/m0/s1. The van der Waals surface area contributed by atoms with E-state index in [-0.39, 0.29) is 24.7 Å². The molecule has 0 unspecified atom stereocenters. The highest BCUT2D eigenvalue weighted by molar-refractivity contribution is 5.91. The van der Waals surface area contributed by atoms with E-state index >= 15 is 0 Å². The van der Waals surface area contributed by atoms with Crippen molar-refractivity contribution in [1.82, 2.24) is 4.90 Å². The Bertz CT molecular complexity index is 480. The molecule has 0 aromatic rings. The van der Waals surface area contributed by atoms with Gasteiger partial charge in [0.15, 0.2) is 5.76 Å². The van der Waals surface area contributed by atoms with Crippen LogP contribution >= 0.6 is 0 Å². The molecule has 0 aromatic carbocycles. The molecule has 2 heterocycles. The molecule has 3 aliphatic rings. The molecular formula is C21H35NO4. The number of hydrogen-bond donors (Lipinski definition) is 1. The van der Waals surface area contributed by atoms with Gasteiger partial charge in [0, 0.05) is 32.2 Å². The van der Waals surface area contributed by atoms with Crippen molar-refractivity contribution in [3.8, 4) is 0 Å². The highest BCUT2D eigenvalue weighted by atomic mass is 16.7. The lowest BCUT2D eigenvalue weighted by atomic mass is 9.82. The fourth-order valence-corrected chi connectivity index (χ4v) is 4.40. The normalized spacial score (nSPS) is 30.2. The summed E-state index contributed by atoms with van der Waals surface area (Å²) in [6.07, 6.45) is 11.7. The molecule has 0 bridgehead atoms. The number of carbonyl (C=O) groups is 1. The van der Waals surface area contributed by atoms with Crippen LogP contribution in [0.15, 0.2) is 11.8 Å². The lowest BCUT2D eigenvalue weighted by Gasteiger charge is -2.38. The van der Waals surface area contributed by atoms with Gasteiger partial charge in [-0.15, -0.1) is 0 Å². The number of aliphatic hydroxyl groups is 1. The first-order chi connectivity index (χ1) is 12.7. The summed E-state index contributed by atoms with van der Waals surface area (Å²) in [5.74, 6) is 1.75. The van der Waals surface area contributed by atoms with E-state index in [9.17, 15) is 9.90 Å². The summed E-state index contributed by atoms with van der Waals surface area (Å²) in [7, 11) is 0. The predicted molar refractivity (Wildman–Crippen MR) is 100 cm³/mol. The number of amides is 1. The van der Waals surface area contributed by atoms with Crippen LogP contribution in [0.3, 0.4) is 0 Å². The van der Waals surface area contributed by atoms with Crippen LogP contribution in [0.5, 0.6) is 0 Å². The quantitative estimate of drug-likeness (QED) is 0.750. The molecule has 26 heavy (non-hydrogen) atoms. The van der Waals surface area contributed by atoms with Crippen molar-refractivity contribution in [2.24, 2.45) is 17.8 Å². The SMILES string of the molecule is CCO[C@H]1OC(C(=O)N2CCCCCCC2)=C[C@@H](C2CC2)[C@@H]1CCCO. The van der Waals surface area contributed by atoms with Crippen molar-refractivity contribution in [3.05, 3.63) is 11.8 Å². The number of carbonyl (C=O) groups excluding carboxylic acids is 1. The van der Waals surface area contributed by atoms with Gasteiger partial charge in [-0.05, 0) is 63.4 Å². The average molecular weight is 366 g/mol.